The number of carbonyl (C=O) groups excluding carboxylic acids is 1. The van der Waals surface area contributed by atoms with E-state index in [-0.39, 0.29) is 5.97 Å². The standard InChI is InChI=1S/C29H36N6O2S/c1-33(2)23-10-8-19(9-11-23)26-16-27(34(3)32-26)25-18-35-13-12-20(25)15-24(35)17-30-29(38)31-22-7-5-6-21(14-22)28(36)37-4/h5-11,14,16,20,24-25H,12-13,15,17-18H2,1-4H3,(H2,30,31,38)/t20-,24+,25-/m0/s1. The summed E-state index contributed by atoms with van der Waals surface area (Å²) in [4.78, 5) is 16.5. The highest BCUT2D eigenvalue weighted by Gasteiger charge is 2.41. The largest absolute Gasteiger partial charge is 0.465 e. The van der Waals surface area contributed by atoms with Crippen LogP contribution in [0.2, 0.25) is 0 Å². The number of fused-ring (bicyclic) bond motifs is 3. The molecular weight excluding hydrogens is 496 g/mol. The van der Waals surface area contributed by atoms with E-state index in [2.05, 4.69) is 76.6 Å². The highest BCUT2D eigenvalue weighted by molar-refractivity contribution is 7.80. The molecule has 0 spiro atoms. The fourth-order valence-electron chi connectivity index (χ4n) is 5.81. The summed E-state index contributed by atoms with van der Waals surface area (Å²) in [5, 5.41) is 12.0. The number of aryl methyl sites for hydroxylation is 1. The Balaban J connectivity index is 1.19. The summed E-state index contributed by atoms with van der Waals surface area (Å²) in [6.07, 6.45) is 2.35. The maximum absolute atomic E-state index is 11.8. The van der Waals surface area contributed by atoms with Crippen LogP contribution in [0.4, 0.5) is 11.4 Å². The van der Waals surface area contributed by atoms with Crippen LogP contribution in [-0.4, -0.2) is 72.6 Å². The minimum atomic E-state index is -0.365. The van der Waals surface area contributed by atoms with Gasteiger partial charge in [0.05, 0.1) is 18.4 Å². The van der Waals surface area contributed by atoms with Crippen LogP contribution in [0.5, 0.6) is 0 Å². The molecule has 2 bridgehead atoms. The van der Waals surface area contributed by atoms with Gasteiger partial charge >= 0.3 is 5.97 Å². The number of hydrogen-bond acceptors (Lipinski definition) is 6. The first-order chi connectivity index (χ1) is 18.3. The van der Waals surface area contributed by atoms with E-state index >= 15 is 0 Å². The Labute approximate surface area is 230 Å². The molecule has 9 heteroatoms. The molecule has 3 aliphatic rings. The molecule has 3 saturated heterocycles. The Hall–Kier alpha value is -3.43. The van der Waals surface area contributed by atoms with Crippen molar-refractivity contribution in [2.24, 2.45) is 13.0 Å². The van der Waals surface area contributed by atoms with Crippen molar-refractivity contribution in [2.45, 2.75) is 24.8 Å². The van der Waals surface area contributed by atoms with E-state index in [1.807, 2.05) is 12.1 Å². The first-order valence-electron chi connectivity index (χ1n) is 13.1. The van der Waals surface area contributed by atoms with Gasteiger partial charge in [0.25, 0.3) is 0 Å². The molecule has 0 amide bonds. The average Bonchev–Trinajstić information content (AvgIpc) is 3.33. The Morgan fingerprint density at radius 1 is 1.18 bits per heavy atom. The zero-order valence-electron chi connectivity index (χ0n) is 22.5. The fraction of sp³-hybridized carbons (Fsp3) is 0.414. The molecule has 4 heterocycles. The zero-order valence-corrected chi connectivity index (χ0v) is 23.3. The quantitative estimate of drug-likeness (QED) is 0.348. The lowest BCUT2D eigenvalue weighted by molar-refractivity contribution is 0.0303. The third-order valence-corrected chi connectivity index (χ3v) is 8.14. The van der Waals surface area contributed by atoms with Gasteiger partial charge in [-0.2, -0.15) is 5.10 Å². The van der Waals surface area contributed by atoms with Crippen molar-refractivity contribution in [1.29, 1.82) is 0 Å². The van der Waals surface area contributed by atoms with E-state index in [0.717, 1.165) is 43.0 Å². The molecule has 3 fully saturated rings. The van der Waals surface area contributed by atoms with Crippen LogP contribution in [0.15, 0.2) is 54.6 Å². The first-order valence-corrected chi connectivity index (χ1v) is 13.5. The summed E-state index contributed by atoms with van der Waals surface area (Å²) in [7, 11) is 7.56. The van der Waals surface area contributed by atoms with E-state index in [1.165, 1.54) is 24.9 Å². The average molecular weight is 533 g/mol. The summed E-state index contributed by atoms with van der Waals surface area (Å²) in [5.74, 6) is 0.749. The predicted molar refractivity (Wildman–Crippen MR) is 156 cm³/mol. The summed E-state index contributed by atoms with van der Waals surface area (Å²) >= 11 is 5.55. The van der Waals surface area contributed by atoms with Crippen LogP contribution >= 0.6 is 12.2 Å². The molecule has 0 radical (unpaired) electrons. The molecule has 200 valence electrons. The number of ether oxygens (including phenoxy) is 1. The maximum atomic E-state index is 11.8. The summed E-state index contributed by atoms with van der Waals surface area (Å²) in [6.45, 7) is 2.95. The Morgan fingerprint density at radius 2 is 1.97 bits per heavy atom. The second-order valence-electron chi connectivity index (χ2n) is 10.5. The molecule has 4 atom stereocenters. The van der Waals surface area contributed by atoms with Gasteiger partial charge in [0.15, 0.2) is 5.11 Å². The molecule has 2 N–H and O–H groups in total. The van der Waals surface area contributed by atoms with Crippen LogP contribution in [-0.2, 0) is 11.8 Å². The summed E-state index contributed by atoms with van der Waals surface area (Å²) in [6, 6.07) is 18.5. The van der Waals surface area contributed by atoms with Crippen LogP contribution in [0.1, 0.15) is 34.8 Å². The SMILES string of the molecule is COC(=O)c1cccc(NC(=S)NC[C@H]2C[C@@H]3CCN2C[C@@H]3c2cc(-c3ccc(N(C)C)cc3)nn2C)c1. The van der Waals surface area contributed by atoms with Crippen LogP contribution in [0.3, 0.4) is 0 Å². The van der Waals surface area contributed by atoms with Gasteiger partial charge in [-0.25, -0.2) is 4.79 Å². The fourth-order valence-corrected chi connectivity index (χ4v) is 6.01. The molecule has 38 heavy (non-hydrogen) atoms. The highest BCUT2D eigenvalue weighted by Crippen LogP contribution is 2.42. The molecule has 1 aromatic heterocycles. The van der Waals surface area contributed by atoms with Gasteiger partial charge in [0.1, 0.15) is 0 Å². The van der Waals surface area contributed by atoms with Gasteiger partial charge in [-0.05, 0) is 73.9 Å². The van der Waals surface area contributed by atoms with E-state index in [1.54, 1.807) is 12.1 Å². The molecule has 3 aliphatic heterocycles. The molecule has 6 rings (SSSR count). The third-order valence-electron chi connectivity index (χ3n) is 7.89. The molecule has 2 aromatic carbocycles. The topological polar surface area (TPSA) is 74.7 Å². The van der Waals surface area contributed by atoms with Gasteiger partial charge in [0, 0.05) is 68.8 Å². The molecule has 0 saturated carbocycles. The van der Waals surface area contributed by atoms with Gasteiger partial charge in [-0.1, -0.05) is 18.2 Å². The number of nitrogens with zero attached hydrogens (tertiary/aromatic N) is 4. The van der Waals surface area contributed by atoms with Crippen molar-refractivity contribution in [3.63, 3.8) is 0 Å². The minimum absolute atomic E-state index is 0.365. The van der Waals surface area contributed by atoms with E-state index in [0.29, 0.717) is 28.6 Å². The Bertz CT molecular complexity index is 1300. The Morgan fingerprint density at radius 3 is 2.66 bits per heavy atom. The number of benzene rings is 2. The molecule has 0 aliphatic carbocycles. The number of rotatable bonds is 7. The number of thiocarbonyl (C=S) groups is 1. The number of carbonyl (C=O) groups is 1. The second kappa shape index (κ2) is 11.1. The van der Waals surface area contributed by atoms with Crippen molar-refractivity contribution in [3.05, 3.63) is 65.9 Å². The zero-order chi connectivity index (χ0) is 26.8. The highest BCUT2D eigenvalue weighted by atomic mass is 32.1. The van der Waals surface area contributed by atoms with Crippen molar-refractivity contribution >= 4 is 34.7 Å². The van der Waals surface area contributed by atoms with Crippen molar-refractivity contribution in [3.8, 4) is 11.3 Å². The van der Waals surface area contributed by atoms with Crippen LogP contribution in [0.25, 0.3) is 11.3 Å². The monoisotopic (exact) mass is 532 g/mol. The molecule has 1 unspecified atom stereocenters. The van der Waals surface area contributed by atoms with Gasteiger partial charge < -0.3 is 20.3 Å². The lowest BCUT2D eigenvalue weighted by Crippen LogP contribution is -2.56. The molecular formula is C29H36N6O2S. The van der Waals surface area contributed by atoms with Gasteiger partial charge in [-0.15, -0.1) is 0 Å². The predicted octanol–water partition coefficient (Wildman–Crippen LogP) is 4.10. The number of methoxy groups -OCH3 is 1. The van der Waals surface area contributed by atoms with E-state index < -0.39 is 0 Å². The number of hydrogen-bond donors (Lipinski definition) is 2. The first kappa shape index (κ1) is 26.2. The molecule has 3 aromatic rings. The number of piperidine rings is 3. The minimum Gasteiger partial charge on any atom is -0.465 e. The number of esters is 1. The summed E-state index contributed by atoms with van der Waals surface area (Å²) in [5.41, 5.74) is 5.95. The molecule has 8 nitrogen and oxygen atoms in total. The lowest BCUT2D eigenvalue weighted by Gasteiger charge is -2.50. The van der Waals surface area contributed by atoms with Gasteiger partial charge in [0.2, 0.25) is 0 Å². The van der Waals surface area contributed by atoms with Crippen molar-refractivity contribution in [1.82, 2.24) is 20.0 Å². The number of nitrogens with one attached hydrogen (secondary N) is 2. The lowest BCUT2D eigenvalue weighted by atomic mass is 9.74. The third kappa shape index (κ3) is 5.54. The number of aromatic nitrogens is 2. The van der Waals surface area contributed by atoms with E-state index in [4.69, 9.17) is 22.1 Å². The van der Waals surface area contributed by atoms with Crippen molar-refractivity contribution < 1.29 is 9.53 Å². The van der Waals surface area contributed by atoms with Crippen LogP contribution < -0.4 is 15.5 Å². The van der Waals surface area contributed by atoms with Gasteiger partial charge in [-0.3, -0.25) is 9.58 Å². The van der Waals surface area contributed by atoms with Crippen molar-refractivity contribution in [2.75, 3.05) is 51.1 Å². The Kier molecular flexibility index (Phi) is 7.67. The maximum Gasteiger partial charge on any atom is 0.337 e. The van der Waals surface area contributed by atoms with E-state index in [9.17, 15) is 4.79 Å². The smallest absolute Gasteiger partial charge is 0.337 e. The normalized spacial score (nSPS) is 22.1. The summed E-state index contributed by atoms with van der Waals surface area (Å²) < 4.78 is 6.89. The number of anilines is 2. The second-order valence-corrected chi connectivity index (χ2v) is 10.9. The van der Waals surface area contributed by atoms with Crippen LogP contribution in [0, 0.1) is 5.92 Å².